The van der Waals surface area contributed by atoms with Crippen molar-refractivity contribution in [2.24, 2.45) is 7.05 Å². The van der Waals surface area contributed by atoms with Gasteiger partial charge in [-0.1, -0.05) is 29.8 Å². The normalized spacial score (nSPS) is 19.7. The van der Waals surface area contributed by atoms with Gasteiger partial charge in [0.15, 0.2) is 5.82 Å². The van der Waals surface area contributed by atoms with E-state index in [9.17, 15) is 9.59 Å². The Bertz CT molecular complexity index is 1830. The van der Waals surface area contributed by atoms with E-state index in [2.05, 4.69) is 32.1 Å². The number of carbonyl (C=O) groups is 1. The molecule has 2 aliphatic rings. The average molecular weight is 670 g/mol. The van der Waals surface area contributed by atoms with Gasteiger partial charge in [-0.2, -0.15) is 10.1 Å². The number of methoxy groups -OCH3 is 2. The smallest absolute Gasteiger partial charge is 0.259 e. The van der Waals surface area contributed by atoms with Crippen molar-refractivity contribution in [2.75, 3.05) is 44.1 Å². The van der Waals surface area contributed by atoms with Crippen LogP contribution in [0.5, 0.6) is 11.5 Å². The zero-order valence-electron chi connectivity index (χ0n) is 25.6. The molecule has 2 N–H and O–H groups in total. The Morgan fingerprint density at radius 2 is 1.87 bits per heavy atom. The summed E-state index contributed by atoms with van der Waals surface area (Å²) in [5, 5.41) is 12.1. The summed E-state index contributed by atoms with van der Waals surface area (Å²) in [4.78, 5) is 37.3. The maximum absolute atomic E-state index is 13.7. The second-order valence-electron chi connectivity index (χ2n) is 11.1. The Hall–Kier alpha value is -4.33. The highest BCUT2D eigenvalue weighted by molar-refractivity contribution is 6.41. The molecule has 3 atom stereocenters. The van der Waals surface area contributed by atoms with E-state index in [0.29, 0.717) is 41.6 Å². The van der Waals surface area contributed by atoms with E-state index < -0.39 is 0 Å². The van der Waals surface area contributed by atoms with Crippen LogP contribution in [0, 0.1) is 0 Å². The van der Waals surface area contributed by atoms with Crippen LogP contribution in [0.1, 0.15) is 25.5 Å². The van der Waals surface area contributed by atoms with Crippen molar-refractivity contribution in [1.29, 1.82) is 0 Å². The molecule has 2 saturated heterocycles. The molecule has 3 aromatic heterocycles. The maximum atomic E-state index is 13.7. The fourth-order valence-corrected chi connectivity index (χ4v) is 6.60. The minimum atomic E-state index is -0.378. The molecule has 46 heavy (non-hydrogen) atoms. The Balaban J connectivity index is 1.29. The number of rotatable bonds is 9. The van der Waals surface area contributed by atoms with Gasteiger partial charge in [-0.25, -0.2) is 9.67 Å². The minimum Gasteiger partial charge on any atom is -0.495 e. The van der Waals surface area contributed by atoms with Gasteiger partial charge in [-0.05, 0) is 31.4 Å². The van der Waals surface area contributed by atoms with E-state index in [-0.39, 0.29) is 51.0 Å². The molecule has 0 aliphatic carbocycles. The molecular weight excluding hydrogens is 635 g/mol. The number of nitrogens with one attached hydrogen (secondary N) is 2. The molecule has 1 amide bonds. The van der Waals surface area contributed by atoms with E-state index in [4.69, 9.17) is 42.5 Å². The van der Waals surface area contributed by atoms with Crippen LogP contribution in [0.15, 0.2) is 48.0 Å². The number of hydrogen-bond donors (Lipinski definition) is 2. The second kappa shape index (κ2) is 13.2. The van der Waals surface area contributed by atoms with E-state index in [0.717, 1.165) is 31.7 Å². The third-order valence-corrected chi connectivity index (χ3v) is 9.06. The third kappa shape index (κ3) is 5.97. The molecule has 2 aliphatic heterocycles. The summed E-state index contributed by atoms with van der Waals surface area (Å²) in [6.07, 6.45) is 7.77. The first kappa shape index (κ1) is 31.6. The number of aromatic nitrogens is 5. The molecule has 0 saturated carbocycles. The molecule has 1 aromatic carbocycles. The van der Waals surface area contributed by atoms with Crippen LogP contribution in [-0.4, -0.2) is 76.2 Å². The van der Waals surface area contributed by atoms with Gasteiger partial charge in [-0.15, -0.1) is 0 Å². The van der Waals surface area contributed by atoms with Crippen molar-refractivity contribution in [2.45, 2.75) is 37.6 Å². The number of hydrogen-bond acceptors (Lipinski definition) is 10. The van der Waals surface area contributed by atoms with Crippen molar-refractivity contribution in [1.82, 2.24) is 29.6 Å². The molecule has 5 heterocycles. The fourth-order valence-electron chi connectivity index (χ4n) is 5.90. The Morgan fingerprint density at radius 1 is 1.13 bits per heavy atom. The van der Waals surface area contributed by atoms with Gasteiger partial charge in [0.1, 0.15) is 23.4 Å². The average Bonchev–Trinajstić information content (AvgIpc) is 3.72. The molecular formula is C31H34Cl2N8O5. The number of amides is 1. The maximum Gasteiger partial charge on any atom is 0.259 e. The van der Waals surface area contributed by atoms with E-state index in [1.54, 1.807) is 25.4 Å². The lowest BCUT2D eigenvalue weighted by Crippen LogP contribution is -2.45. The molecule has 2 fully saturated rings. The number of nitrogens with zero attached hydrogens (tertiary/aromatic N) is 6. The largest absolute Gasteiger partial charge is 0.495 e. The third-order valence-electron chi connectivity index (χ3n) is 8.31. The van der Waals surface area contributed by atoms with Crippen LogP contribution >= 0.6 is 23.2 Å². The van der Waals surface area contributed by atoms with Crippen molar-refractivity contribution in [3.8, 4) is 22.6 Å². The van der Waals surface area contributed by atoms with Crippen LogP contribution < -0.4 is 30.6 Å². The quantitative estimate of drug-likeness (QED) is 0.250. The Morgan fingerprint density at radius 3 is 2.54 bits per heavy atom. The van der Waals surface area contributed by atoms with E-state index >= 15 is 0 Å². The number of anilines is 2. The monoisotopic (exact) mass is 668 g/mol. The second-order valence-corrected chi connectivity index (χ2v) is 11.9. The molecule has 242 valence electrons. The first-order chi connectivity index (χ1) is 22.2. The number of pyridine rings is 1. The zero-order chi connectivity index (χ0) is 32.5. The fraction of sp³-hybridized carbons (Fsp3) is 0.387. The molecule has 3 unspecified atom stereocenters. The molecule has 0 bridgehead atoms. The van der Waals surface area contributed by atoms with Crippen LogP contribution in [0.4, 0.5) is 11.8 Å². The molecule has 15 heteroatoms. The summed E-state index contributed by atoms with van der Waals surface area (Å²) in [5.41, 5.74) is 0.537. The van der Waals surface area contributed by atoms with Crippen LogP contribution in [0.25, 0.3) is 22.2 Å². The molecule has 0 radical (unpaired) electrons. The van der Waals surface area contributed by atoms with Gasteiger partial charge in [0.2, 0.25) is 11.9 Å². The van der Waals surface area contributed by atoms with Gasteiger partial charge in [0.25, 0.3) is 5.56 Å². The molecule has 13 nitrogen and oxygen atoms in total. The van der Waals surface area contributed by atoms with Crippen molar-refractivity contribution in [3.05, 3.63) is 63.6 Å². The first-order valence-electron chi connectivity index (χ1n) is 14.8. The number of benzene rings is 1. The first-order valence-corrected chi connectivity index (χ1v) is 15.6. The minimum absolute atomic E-state index is 0.0774. The summed E-state index contributed by atoms with van der Waals surface area (Å²) in [6, 6.07) is 4.56. The van der Waals surface area contributed by atoms with Crippen molar-refractivity contribution in [3.63, 3.8) is 0 Å². The SMILES string of the molecule is C=CC(=O)NC1CN(c2ccn(C3CCCCO3)n2)CC1Nc1ncc2cc(-c3c(Cl)c(OC)cc(OC)c3Cl)c(=O)n(C)c2n1. The highest BCUT2D eigenvalue weighted by Gasteiger charge is 2.35. The van der Waals surface area contributed by atoms with Crippen molar-refractivity contribution < 1.29 is 19.0 Å². The van der Waals surface area contributed by atoms with Gasteiger partial charge in [-0.3, -0.25) is 14.2 Å². The lowest BCUT2D eigenvalue weighted by Gasteiger charge is -2.23. The lowest BCUT2D eigenvalue weighted by atomic mass is 10.0. The molecule has 6 rings (SSSR count). The highest BCUT2D eigenvalue weighted by atomic mass is 35.5. The van der Waals surface area contributed by atoms with Crippen LogP contribution in [0.2, 0.25) is 10.0 Å². The predicted octanol–water partition coefficient (Wildman–Crippen LogP) is 4.19. The van der Waals surface area contributed by atoms with E-state index in [1.807, 2.05) is 16.9 Å². The lowest BCUT2D eigenvalue weighted by molar-refractivity contribution is -0.117. The summed E-state index contributed by atoms with van der Waals surface area (Å²) in [6.45, 7) is 5.33. The number of carbonyl (C=O) groups excluding carboxylic acids is 1. The van der Waals surface area contributed by atoms with Gasteiger partial charge >= 0.3 is 0 Å². The Kier molecular flexibility index (Phi) is 9.07. The standard InChI is InChI=1S/C31H34Cl2N8O5/c1-5-24(42)35-19-15-40(23-9-10-41(38-23)25-8-6-7-11-46-25)16-20(19)36-31-34-14-17-12-18(30(43)39(2)29(17)37-31)26-27(32)21(44-3)13-22(45-4)28(26)33/h5,9-10,12-14,19-20,25H,1,6-8,11,15-16H2,2-4H3,(H,35,42)(H,34,36,37). The topological polar surface area (TPSA) is 138 Å². The number of aryl methyl sites for hydroxylation is 1. The molecule has 4 aromatic rings. The Labute approximate surface area is 275 Å². The number of halogens is 2. The summed E-state index contributed by atoms with van der Waals surface area (Å²) in [7, 11) is 4.55. The highest BCUT2D eigenvalue weighted by Crippen LogP contribution is 2.45. The van der Waals surface area contributed by atoms with Gasteiger partial charge < -0.3 is 29.7 Å². The van der Waals surface area contributed by atoms with E-state index in [1.165, 1.54) is 24.9 Å². The summed E-state index contributed by atoms with van der Waals surface area (Å²) in [5.74, 6) is 1.40. The van der Waals surface area contributed by atoms with Crippen molar-refractivity contribution >= 4 is 51.9 Å². The van der Waals surface area contributed by atoms with Gasteiger partial charge in [0.05, 0.1) is 41.9 Å². The molecule has 0 spiro atoms. The van der Waals surface area contributed by atoms with Gasteiger partial charge in [0, 0.05) is 62.2 Å². The summed E-state index contributed by atoms with van der Waals surface area (Å²) >= 11 is 13.2. The summed E-state index contributed by atoms with van der Waals surface area (Å²) < 4.78 is 19.9. The zero-order valence-corrected chi connectivity index (χ0v) is 27.1. The van der Waals surface area contributed by atoms with Crippen LogP contribution in [-0.2, 0) is 16.6 Å². The predicted molar refractivity (Wildman–Crippen MR) is 176 cm³/mol. The van der Waals surface area contributed by atoms with Crippen LogP contribution in [0.3, 0.4) is 0 Å². The number of ether oxygens (including phenoxy) is 3. The number of fused-ring (bicyclic) bond motifs is 1.